The van der Waals surface area contributed by atoms with Gasteiger partial charge in [-0.25, -0.2) is 4.79 Å². The van der Waals surface area contributed by atoms with Crippen molar-refractivity contribution >= 4 is 6.03 Å². The Balaban J connectivity index is 1.68. The summed E-state index contributed by atoms with van der Waals surface area (Å²) in [6, 6.07) is 7.91. The predicted molar refractivity (Wildman–Crippen MR) is 91.1 cm³/mol. The van der Waals surface area contributed by atoms with Crippen molar-refractivity contribution in [3.05, 3.63) is 24.3 Å². The fourth-order valence-electron chi connectivity index (χ4n) is 2.33. The molecule has 5 heteroatoms. The molecule has 1 aliphatic rings. The summed E-state index contributed by atoms with van der Waals surface area (Å²) in [4.78, 5) is 14.3. The van der Waals surface area contributed by atoms with Gasteiger partial charge in [0, 0.05) is 12.6 Å². The summed E-state index contributed by atoms with van der Waals surface area (Å²) in [5.41, 5.74) is 0. The summed E-state index contributed by atoms with van der Waals surface area (Å²) >= 11 is 0. The minimum absolute atomic E-state index is 0.0338. The smallest absolute Gasteiger partial charge is 0.317 e. The lowest BCUT2D eigenvalue weighted by Crippen LogP contribution is -2.43. The Morgan fingerprint density at radius 1 is 1.26 bits per heavy atom. The monoisotopic (exact) mass is 320 g/mol. The maximum Gasteiger partial charge on any atom is 0.317 e. The zero-order valence-corrected chi connectivity index (χ0v) is 14.4. The van der Waals surface area contributed by atoms with Gasteiger partial charge in [-0.3, -0.25) is 0 Å². The second-order valence-electron chi connectivity index (χ2n) is 6.36. The minimum atomic E-state index is 0.0338. The van der Waals surface area contributed by atoms with Gasteiger partial charge in [-0.15, -0.1) is 0 Å². The van der Waals surface area contributed by atoms with Crippen LogP contribution in [0.3, 0.4) is 0 Å². The summed E-state index contributed by atoms with van der Waals surface area (Å²) in [5.74, 6) is 2.19. The molecule has 0 spiro atoms. The summed E-state index contributed by atoms with van der Waals surface area (Å²) < 4.78 is 10.7. The molecule has 0 atom stereocenters. The van der Waals surface area contributed by atoms with Gasteiger partial charge in [0.05, 0.1) is 13.7 Å². The molecule has 23 heavy (non-hydrogen) atoms. The number of nitrogens with one attached hydrogen (secondary N) is 1. The Labute approximate surface area is 139 Å². The highest BCUT2D eigenvalue weighted by Gasteiger charge is 2.32. The van der Waals surface area contributed by atoms with Gasteiger partial charge in [0.2, 0.25) is 0 Å². The molecule has 1 N–H and O–H groups in total. The van der Waals surface area contributed by atoms with E-state index in [0.717, 1.165) is 37.3 Å². The number of ether oxygens (including phenoxy) is 2. The van der Waals surface area contributed by atoms with Crippen LogP contribution >= 0.6 is 0 Å². The van der Waals surface area contributed by atoms with Crippen LogP contribution in [0.2, 0.25) is 0 Å². The Kier molecular flexibility index (Phi) is 6.56. The van der Waals surface area contributed by atoms with Crippen LogP contribution in [0.4, 0.5) is 4.79 Å². The molecular weight excluding hydrogens is 292 g/mol. The first-order valence-electron chi connectivity index (χ1n) is 8.41. The number of rotatable bonds is 9. The average molecular weight is 320 g/mol. The fourth-order valence-corrected chi connectivity index (χ4v) is 2.33. The first-order chi connectivity index (χ1) is 11.1. The molecule has 2 amide bonds. The van der Waals surface area contributed by atoms with Gasteiger partial charge >= 0.3 is 6.03 Å². The molecule has 5 nitrogen and oxygen atoms in total. The Morgan fingerprint density at radius 2 is 1.91 bits per heavy atom. The van der Waals surface area contributed by atoms with Crippen LogP contribution in [0.15, 0.2) is 24.3 Å². The number of carbonyl (C=O) groups is 1. The van der Waals surface area contributed by atoms with Crippen molar-refractivity contribution in [2.24, 2.45) is 5.92 Å². The average Bonchev–Trinajstić information content (AvgIpc) is 3.37. The molecule has 0 heterocycles. The lowest BCUT2D eigenvalue weighted by molar-refractivity contribution is 0.188. The molecule has 1 aromatic rings. The quantitative estimate of drug-likeness (QED) is 0.710. The SMILES string of the molecule is COc1ccc(OCCNC(=O)N(CCC(C)C)C2CC2)cc1. The lowest BCUT2D eigenvalue weighted by Gasteiger charge is -2.23. The van der Waals surface area contributed by atoms with E-state index >= 15 is 0 Å². The van der Waals surface area contributed by atoms with Crippen LogP contribution in [0.25, 0.3) is 0 Å². The van der Waals surface area contributed by atoms with Gasteiger partial charge in [0.1, 0.15) is 18.1 Å². The van der Waals surface area contributed by atoms with Crippen molar-refractivity contribution in [2.45, 2.75) is 39.2 Å². The van der Waals surface area contributed by atoms with Gasteiger partial charge in [-0.1, -0.05) is 13.8 Å². The number of nitrogens with zero attached hydrogens (tertiary/aromatic N) is 1. The largest absolute Gasteiger partial charge is 0.497 e. The fraction of sp³-hybridized carbons (Fsp3) is 0.611. The molecule has 0 aliphatic heterocycles. The number of benzene rings is 1. The van der Waals surface area contributed by atoms with Gasteiger partial charge in [0.15, 0.2) is 0 Å². The molecule has 2 rings (SSSR count). The predicted octanol–water partition coefficient (Wildman–Crippen LogP) is 3.29. The van der Waals surface area contributed by atoms with E-state index in [1.807, 2.05) is 29.2 Å². The second-order valence-corrected chi connectivity index (χ2v) is 6.36. The van der Waals surface area contributed by atoms with Gasteiger partial charge in [-0.2, -0.15) is 0 Å². The van der Waals surface area contributed by atoms with Crippen molar-refractivity contribution in [1.29, 1.82) is 0 Å². The van der Waals surface area contributed by atoms with E-state index in [2.05, 4.69) is 19.2 Å². The number of carbonyl (C=O) groups excluding carboxylic acids is 1. The van der Waals surface area contributed by atoms with Crippen LogP contribution in [0.5, 0.6) is 11.5 Å². The van der Waals surface area contributed by atoms with E-state index < -0.39 is 0 Å². The first kappa shape index (κ1) is 17.4. The standard InChI is InChI=1S/C18H28N2O3/c1-14(2)10-12-20(15-4-5-15)18(21)19-11-13-23-17-8-6-16(22-3)7-9-17/h6-9,14-15H,4-5,10-13H2,1-3H3,(H,19,21). The van der Waals surface area contributed by atoms with E-state index in [1.54, 1.807) is 7.11 Å². The molecular formula is C18H28N2O3. The highest BCUT2D eigenvalue weighted by Crippen LogP contribution is 2.27. The summed E-state index contributed by atoms with van der Waals surface area (Å²) in [7, 11) is 1.64. The molecule has 0 radical (unpaired) electrons. The van der Waals surface area contributed by atoms with E-state index in [1.165, 1.54) is 0 Å². The van der Waals surface area contributed by atoms with Gasteiger partial charge in [0.25, 0.3) is 0 Å². The maximum atomic E-state index is 12.3. The molecule has 0 unspecified atom stereocenters. The van der Waals surface area contributed by atoms with Gasteiger partial charge in [-0.05, 0) is 49.4 Å². The zero-order chi connectivity index (χ0) is 16.7. The van der Waals surface area contributed by atoms with Crippen molar-refractivity contribution < 1.29 is 14.3 Å². The molecule has 1 fully saturated rings. The zero-order valence-electron chi connectivity index (χ0n) is 14.4. The number of methoxy groups -OCH3 is 1. The topological polar surface area (TPSA) is 50.8 Å². The number of amides is 2. The van der Waals surface area contributed by atoms with Crippen molar-refractivity contribution in [3.8, 4) is 11.5 Å². The van der Waals surface area contributed by atoms with Gasteiger partial charge < -0.3 is 19.7 Å². The number of hydrogen-bond donors (Lipinski definition) is 1. The van der Waals surface area contributed by atoms with Crippen LogP contribution < -0.4 is 14.8 Å². The Hall–Kier alpha value is -1.91. The third kappa shape index (κ3) is 6.00. The van der Waals surface area contributed by atoms with E-state index in [4.69, 9.17) is 9.47 Å². The van der Waals surface area contributed by atoms with E-state index in [9.17, 15) is 4.79 Å². The molecule has 0 aromatic heterocycles. The highest BCUT2D eigenvalue weighted by atomic mass is 16.5. The summed E-state index contributed by atoms with van der Waals surface area (Å²) in [5, 5.41) is 2.96. The number of hydrogen-bond acceptors (Lipinski definition) is 3. The molecule has 0 saturated heterocycles. The van der Waals surface area contributed by atoms with E-state index in [-0.39, 0.29) is 6.03 Å². The van der Waals surface area contributed by atoms with Crippen LogP contribution in [0.1, 0.15) is 33.1 Å². The summed E-state index contributed by atoms with van der Waals surface area (Å²) in [6.45, 7) is 6.18. The first-order valence-corrected chi connectivity index (χ1v) is 8.41. The molecule has 0 bridgehead atoms. The highest BCUT2D eigenvalue weighted by molar-refractivity contribution is 5.74. The van der Waals surface area contributed by atoms with Crippen molar-refractivity contribution in [2.75, 3.05) is 26.8 Å². The van der Waals surface area contributed by atoms with E-state index in [0.29, 0.717) is 25.1 Å². The Morgan fingerprint density at radius 3 is 2.48 bits per heavy atom. The molecule has 128 valence electrons. The van der Waals surface area contributed by atoms with Crippen molar-refractivity contribution in [1.82, 2.24) is 10.2 Å². The molecule has 1 aliphatic carbocycles. The Bertz CT molecular complexity index is 484. The third-order valence-electron chi connectivity index (χ3n) is 3.90. The van der Waals surface area contributed by atoms with Crippen molar-refractivity contribution in [3.63, 3.8) is 0 Å². The molecule has 1 aromatic carbocycles. The summed E-state index contributed by atoms with van der Waals surface area (Å²) in [6.07, 6.45) is 3.31. The molecule has 1 saturated carbocycles. The minimum Gasteiger partial charge on any atom is -0.497 e. The van der Waals surface area contributed by atoms with Crippen LogP contribution in [-0.2, 0) is 0 Å². The van der Waals surface area contributed by atoms with Crippen LogP contribution in [-0.4, -0.2) is 43.8 Å². The third-order valence-corrected chi connectivity index (χ3v) is 3.90. The normalized spacial score (nSPS) is 13.7. The lowest BCUT2D eigenvalue weighted by atomic mass is 10.1. The number of urea groups is 1. The maximum absolute atomic E-state index is 12.3. The second kappa shape index (κ2) is 8.65. The van der Waals surface area contributed by atoms with Crippen LogP contribution in [0, 0.1) is 5.92 Å².